The van der Waals surface area contributed by atoms with Gasteiger partial charge in [0.2, 0.25) is 0 Å². The molecule has 3 rings (SSSR count). The molecule has 4 nitrogen and oxygen atoms in total. The van der Waals surface area contributed by atoms with Gasteiger partial charge in [-0.2, -0.15) is 5.10 Å². The van der Waals surface area contributed by atoms with Gasteiger partial charge in [0.15, 0.2) is 0 Å². The van der Waals surface area contributed by atoms with Crippen molar-refractivity contribution in [2.75, 3.05) is 25.1 Å². The van der Waals surface area contributed by atoms with Gasteiger partial charge >= 0.3 is 0 Å². The van der Waals surface area contributed by atoms with Crippen molar-refractivity contribution in [2.45, 2.75) is 78.2 Å². The van der Waals surface area contributed by atoms with Crippen LogP contribution in [0.5, 0.6) is 0 Å². The Hall–Kier alpha value is -1.94. The lowest BCUT2D eigenvalue weighted by atomic mass is 9.84. The number of allylic oxidation sites excluding steroid dienone is 1. The molecule has 0 N–H and O–H groups in total. The van der Waals surface area contributed by atoms with Crippen LogP contribution in [0.1, 0.15) is 69.4 Å². The van der Waals surface area contributed by atoms with E-state index in [1.54, 1.807) is 0 Å². The summed E-state index contributed by atoms with van der Waals surface area (Å²) >= 11 is 0. The zero-order valence-electron chi connectivity index (χ0n) is 19.5. The highest BCUT2D eigenvalue weighted by atomic mass is 15.5. The fourth-order valence-electron chi connectivity index (χ4n) is 5.18. The summed E-state index contributed by atoms with van der Waals surface area (Å²) < 4.78 is 0. The highest BCUT2D eigenvalue weighted by Gasteiger charge is 2.33. The van der Waals surface area contributed by atoms with Gasteiger partial charge in [-0.15, -0.1) is 0 Å². The van der Waals surface area contributed by atoms with Gasteiger partial charge in [-0.3, -0.25) is 9.89 Å². The Bertz CT molecular complexity index is 751. The summed E-state index contributed by atoms with van der Waals surface area (Å²) in [5, 5.41) is 6.54. The Balaban J connectivity index is 2.03. The molecule has 2 atom stereocenters. The highest BCUT2D eigenvalue weighted by Crippen LogP contribution is 2.34. The van der Waals surface area contributed by atoms with Gasteiger partial charge in [0.25, 0.3) is 0 Å². The molecule has 164 valence electrons. The third-order valence-electron chi connectivity index (χ3n) is 6.97. The first-order valence-corrected chi connectivity index (χ1v) is 11.8. The van der Waals surface area contributed by atoms with Crippen LogP contribution in [0.15, 0.2) is 39.9 Å². The van der Waals surface area contributed by atoms with Crippen LogP contribution in [0.3, 0.4) is 0 Å². The third-order valence-corrected chi connectivity index (χ3v) is 6.97. The number of anilines is 1. The van der Waals surface area contributed by atoms with E-state index in [0.717, 1.165) is 37.0 Å². The lowest BCUT2D eigenvalue weighted by Crippen LogP contribution is -2.49. The number of hydrogen-bond donors (Lipinski definition) is 0. The van der Waals surface area contributed by atoms with Crippen LogP contribution < -0.4 is 5.01 Å². The fourth-order valence-corrected chi connectivity index (χ4v) is 5.18. The van der Waals surface area contributed by atoms with Crippen LogP contribution in [-0.2, 0) is 0 Å². The number of likely N-dealkylation sites (tertiary alicyclic amines) is 1. The molecule has 4 heteroatoms. The second-order valence-corrected chi connectivity index (χ2v) is 8.96. The predicted octanol–water partition coefficient (Wildman–Crippen LogP) is 6.13. The van der Waals surface area contributed by atoms with Crippen molar-refractivity contribution < 1.29 is 0 Å². The van der Waals surface area contributed by atoms with E-state index in [0.29, 0.717) is 0 Å². The molecule has 1 heterocycles. The van der Waals surface area contributed by atoms with Gasteiger partial charge in [0.05, 0.1) is 11.7 Å². The minimum Gasteiger partial charge on any atom is -0.290 e. The van der Waals surface area contributed by atoms with E-state index in [1.165, 1.54) is 61.6 Å². The van der Waals surface area contributed by atoms with E-state index in [1.807, 2.05) is 12.1 Å². The molecule has 1 aliphatic carbocycles. The van der Waals surface area contributed by atoms with E-state index >= 15 is 0 Å². The highest BCUT2D eigenvalue weighted by molar-refractivity contribution is 6.04. The van der Waals surface area contributed by atoms with E-state index in [4.69, 9.17) is 4.99 Å². The summed E-state index contributed by atoms with van der Waals surface area (Å²) in [6, 6.07) is 6.61. The van der Waals surface area contributed by atoms with Crippen LogP contribution >= 0.6 is 0 Å². The lowest BCUT2D eigenvalue weighted by molar-refractivity contribution is 0.263. The quantitative estimate of drug-likeness (QED) is 0.245. The summed E-state index contributed by atoms with van der Waals surface area (Å²) in [4.78, 5) is 7.53. The molecule has 0 radical (unpaired) electrons. The summed E-state index contributed by atoms with van der Waals surface area (Å²) in [7, 11) is 1.92. The molecule has 0 saturated carbocycles. The van der Waals surface area contributed by atoms with Crippen molar-refractivity contribution in [3.8, 4) is 0 Å². The van der Waals surface area contributed by atoms with Gasteiger partial charge in [-0.05, 0) is 81.7 Å². The maximum absolute atomic E-state index is 4.86. The maximum Gasteiger partial charge on any atom is 0.146 e. The van der Waals surface area contributed by atoms with Crippen LogP contribution in [-0.4, -0.2) is 43.6 Å². The van der Waals surface area contributed by atoms with E-state index < -0.39 is 0 Å². The van der Waals surface area contributed by atoms with Crippen molar-refractivity contribution in [2.24, 2.45) is 16.0 Å². The van der Waals surface area contributed by atoms with Crippen molar-refractivity contribution in [3.05, 3.63) is 41.0 Å². The van der Waals surface area contributed by atoms with Gasteiger partial charge in [-0.1, -0.05) is 50.5 Å². The lowest BCUT2D eigenvalue weighted by Gasteiger charge is -2.38. The topological polar surface area (TPSA) is 31.2 Å². The number of para-hydroxylation sites is 1. The van der Waals surface area contributed by atoms with Crippen molar-refractivity contribution in [3.63, 3.8) is 0 Å². The molecule has 1 aromatic carbocycles. The predicted molar refractivity (Wildman–Crippen MR) is 131 cm³/mol. The average molecular weight is 409 g/mol. The van der Waals surface area contributed by atoms with Gasteiger partial charge in [-0.25, -0.2) is 5.01 Å². The summed E-state index contributed by atoms with van der Waals surface area (Å²) in [6.45, 7) is 12.9. The normalized spacial score (nSPS) is 22.2. The molecule has 0 bridgehead atoms. The first-order valence-electron chi connectivity index (χ1n) is 11.8. The standard InChI is InChI=1S/C26H40N4/c1-6-22-14-16-23(17-15-22)25(29-18-9-7-8-10-19-29)26(27-4)30(28-5)24-20(2)12-11-13-21(24)3/h11-13,16,22,25H,5-10,14-15,17-19H2,1-4H3/b27-26-/t22-,25?/m1/s1. The maximum atomic E-state index is 4.86. The number of hydrogen-bond acceptors (Lipinski definition) is 3. The molecule has 30 heavy (non-hydrogen) atoms. The first-order chi connectivity index (χ1) is 14.6. The van der Waals surface area contributed by atoms with E-state index in [-0.39, 0.29) is 6.04 Å². The molecule has 2 aliphatic rings. The zero-order chi connectivity index (χ0) is 21.5. The number of aliphatic imine (C=N–C) groups is 1. The zero-order valence-corrected chi connectivity index (χ0v) is 19.5. The Morgan fingerprint density at radius 2 is 1.83 bits per heavy atom. The number of nitrogens with zero attached hydrogens (tertiary/aromatic N) is 4. The summed E-state index contributed by atoms with van der Waals surface area (Å²) in [5.41, 5.74) is 5.07. The van der Waals surface area contributed by atoms with Crippen LogP contribution in [0.4, 0.5) is 5.69 Å². The average Bonchev–Trinajstić information content (AvgIpc) is 3.04. The van der Waals surface area contributed by atoms with Crippen molar-refractivity contribution >= 4 is 18.2 Å². The molecule has 1 aromatic rings. The number of aryl methyl sites for hydroxylation is 2. The minimum absolute atomic E-state index is 0.190. The van der Waals surface area contributed by atoms with Crippen LogP contribution in [0, 0.1) is 19.8 Å². The third kappa shape index (κ3) is 5.03. The SMILES string of the molecule is C=NN(/C(=N\C)C(C1=CC[C@@H](CC)CC1)N1CCCCCC1)c1c(C)cccc1C. The molecular formula is C26H40N4. The number of benzene rings is 1. The molecular weight excluding hydrogens is 368 g/mol. The molecule has 1 unspecified atom stereocenters. The Morgan fingerprint density at radius 1 is 1.17 bits per heavy atom. The molecule has 1 saturated heterocycles. The van der Waals surface area contributed by atoms with E-state index in [2.05, 4.69) is 61.8 Å². The van der Waals surface area contributed by atoms with E-state index in [9.17, 15) is 0 Å². The molecule has 0 amide bonds. The second kappa shape index (κ2) is 10.9. The minimum atomic E-state index is 0.190. The Morgan fingerprint density at radius 3 is 2.33 bits per heavy atom. The van der Waals surface area contributed by atoms with Crippen molar-refractivity contribution in [1.82, 2.24) is 4.90 Å². The van der Waals surface area contributed by atoms with Gasteiger partial charge in [0.1, 0.15) is 5.84 Å². The second-order valence-electron chi connectivity index (χ2n) is 8.96. The Labute approximate surface area is 183 Å². The monoisotopic (exact) mass is 408 g/mol. The number of amidine groups is 1. The Kier molecular flexibility index (Phi) is 8.26. The van der Waals surface area contributed by atoms with Gasteiger partial charge < -0.3 is 0 Å². The summed E-state index contributed by atoms with van der Waals surface area (Å²) in [5.74, 6) is 1.85. The van der Waals surface area contributed by atoms with Crippen LogP contribution in [0.25, 0.3) is 0 Å². The van der Waals surface area contributed by atoms with Crippen LogP contribution in [0.2, 0.25) is 0 Å². The molecule has 0 spiro atoms. The molecule has 1 fully saturated rings. The summed E-state index contributed by atoms with van der Waals surface area (Å²) in [6.07, 6.45) is 12.6. The first kappa shape index (κ1) is 22.7. The fraction of sp³-hybridized carbons (Fsp3) is 0.615. The van der Waals surface area contributed by atoms with Gasteiger partial charge in [0, 0.05) is 13.8 Å². The number of rotatable bonds is 6. The number of hydrazone groups is 1. The molecule has 1 aliphatic heterocycles. The smallest absolute Gasteiger partial charge is 0.146 e. The largest absolute Gasteiger partial charge is 0.290 e. The molecule has 0 aromatic heterocycles. The van der Waals surface area contributed by atoms with Crippen molar-refractivity contribution in [1.29, 1.82) is 0 Å².